The van der Waals surface area contributed by atoms with Crippen LogP contribution in [0.25, 0.3) is 0 Å². The molecule has 54 heavy (non-hydrogen) atoms. The molecule has 8 N–H and O–H groups in total. The van der Waals surface area contributed by atoms with Crippen LogP contribution < -0.4 is 26.6 Å². The van der Waals surface area contributed by atoms with E-state index in [2.05, 4.69) is 5.32 Å². The van der Waals surface area contributed by atoms with Crippen molar-refractivity contribution in [2.45, 2.75) is 44.2 Å². The molecule has 0 spiro atoms. The average Bonchev–Trinajstić information content (AvgIpc) is 3.81. The smallest absolute Gasteiger partial charge is 0.480 e. The zero-order chi connectivity index (χ0) is 40.8. The molecule has 2 heterocycles. The van der Waals surface area contributed by atoms with Gasteiger partial charge in [-0.05, 0) is 73.3 Å². The molecule has 1 fully saturated rings. The highest BCUT2D eigenvalue weighted by molar-refractivity contribution is 6.08. The number of para-hydroxylation sites is 1. The van der Waals surface area contributed by atoms with Gasteiger partial charge in [0, 0.05) is 35.6 Å². The van der Waals surface area contributed by atoms with E-state index in [1.54, 1.807) is 59.5 Å². The minimum absolute atomic E-state index is 0.0804. The third kappa shape index (κ3) is 13.5. The molecular weight excluding hydrogens is 736 g/mol. The van der Waals surface area contributed by atoms with Crippen molar-refractivity contribution in [3.05, 3.63) is 95.1 Å². The number of amides is 3. The monoisotopic (exact) mass is 771 g/mol. The Morgan fingerprint density at radius 1 is 0.815 bits per heavy atom. The number of benzene rings is 3. The summed E-state index contributed by atoms with van der Waals surface area (Å²) in [7, 11) is 0. The van der Waals surface area contributed by atoms with Crippen molar-refractivity contribution < 1.29 is 70.4 Å². The highest BCUT2D eigenvalue weighted by Crippen LogP contribution is 2.30. The van der Waals surface area contributed by atoms with Crippen LogP contribution in [0.4, 0.5) is 37.7 Å². The number of alkyl halides is 6. The zero-order valence-corrected chi connectivity index (χ0v) is 28.1. The molecule has 3 amide bonds. The molecule has 292 valence electrons. The number of carbonyl (C=O) groups excluding carboxylic acids is 3. The van der Waals surface area contributed by atoms with Gasteiger partial charge in [-0.3, -0.25) is 24.1 Å². The largest absolute Gasteiger partial charge is 0.490 e. The number of carboxylic acids is 3. The molecule has 3 aromatic carbocycles. The first-order valence-electron chi connectivity index (χ1n) is 15.6. The SMILES string of the molecule is NC(=O)c1ccc2c(c1)N(C(=O)[C@H]1CCCN1)CC2.NCc1cccc(C(=O)N(CC(=O)O)c2ccccc2)c1.O=C(O)C(F)(F)F.O=C(O)C(F)(F)F. The quantitative estimate of drug-likeness (QED) is 0.190. The maximum atomic E-state index is 12.6. The van der Waals surface area contributed by atoms with Crippen LogP contribution in [0.15, 0.2) is 72.8 Å². The number of nitrogens with one attached hydrogen (secondary N) is 1. The second-order valence-corrected chi connectivity index (χ2v) is 11.2. The highest BCUT2D eigenvalue weighted by atomic mass is 19.4. The van der Waals surface area contributed by atoms with E-state index in [-0.39, 0.29) is 17.9 Å². The van der Waals surface area contributed by atoms with E-state index in [1.807, 2.05) is 18.2 Å². The molecule has 2 aliphatic heterocycles. The lowest BCUT2D eigenvalue weighted by Gasteiger charge is -2.21. The predicted octanol–water partition coefficient (Wildman–Crippen LogP) is 3.57. The maximum absolute atomic E-state index is 12.6. The van der Waals surface area contributed by atoms with Gasteiger partial charge >= 0.3 is 30.3 Å². The van der Waals surface area contributed by atoms with Crippen molar-refractivity contribution >= 4 is 47.0 Å². The van der Waals surface area contributed by atoms with Crippen LogP contribution >= 0.6 is 0 Å². The summed E-state index contributed by atoms with van der Waals surface area (Å²) in [6.07, 6.45) is -7.40. The van der Waals surface area contributed by atoms with Gasteiger partial charge < -0.3 is 37.0 Å². The lowest BCUT2D eigenvalue weighted by Crippen LogP contribution is -2.43. The molecule has 5 rings (SSSR count). The summed E-state index contributed by atoms with van der Waals surface area (Å²) in [5, 5.41) is 26.5. The molecule has 0 unspecified atom stereocenters. The molecule has 14 nitrogen and oxygen atoms in total. The summed E-state index contributed by atoms with van der Waals surface area (Å²) >= 11 is 0. The third-order valence-electron chi connectivity index (χ3n) is 7.39. The van der Waals surface area contributed by atoms with Crippen LogP contribution in [0.1, 0.15) is 44.7 Å². The Morgan fingerprint density at radius 3 is 1.89 bits per heavy atom. The highest BCUT2D eigenvalue weighted by Gasteiger charge is 2.39. The van der Waals surface area contributed by atoms with Crippen molar-refractivity contribution in [3.63, 3.8) is 0 Å². The summed E-state index contributed by atoms with van der Waals surface area (Å²) in [4.78, 5) is 68.1. The van der Waals surface area contributed by atoms with Crippen molar-refractivity contribution in [1.82, 2.24) is 5.32 Å². The molecule has 1 atom stereocenters. The van der Waals surface area contributed by atoms with Gasteiger partial charge in [0.15, 0.2) is 0 Å². The molecule has 20 heteroatoms. The summed E-state index contributed by atoms with van der Waals surface area (Å²) in [5.74, 6) is -7.29. The molecule has 0 aliphatic carbocycles. The molecule has 0 bridgehead atoms. The van der Waals surface area contributed by atoms with Gasteiger partial charge in [0.05, 0.1) is 6.04 Å². The Hall–Kier alpha value is -6.02. The van der Waals surface area contributed by atoms with Crippen LogP contribution in [-0.2, 0) is 32.1 Å². The fourth-order valence-electron chi connectivity index (χ4n) is 4.86. The minimum atomic E-state index is -5.08. The number of fused-ring (bicyclic) bond motifs is 1. The average molecular weight is 772 g/mol. The van der Waals surface area contributed by atoms with Crippen molar-refractivity contribution in [3.8, 4) is 0 Å². The van der Waals surface area contributed by atoms with Crippen LogP contribution in [0, 0.1) is 0 Å². The lowest BCUT2D eigenvalue weighted by atomic mass is 10.1. The van der Waals surface area contributed by atoms with E-state index >= 15 is 0 Å². The topological polar surface area (TPSA) is 234 Å². The number of hydrogen-bond acceptors (Lipinski definition) is 8. The predicted molar refractivity (Wildman–Crippen MR) is 180 cm³/mol. The number of nitrogens with two attached hydrogens (primary N) is 2. The number of carbonyl (C=O) groups is 6. The summed E-state index contributed by atoms with van der Waals surface area (Å²) < 4.78 is 63.5. The Kier molecular flexibility index (Phi) is 16.1. The molecular formula is C34H35F6N5O9. The number of rotatable bonds is 7. The van der Waals surface area contributed by atoms with Crippen LogP contribution in [-0.4, -0.2) is 89.0 Å². The van der Waals surface area contributed by atoms with Crippen molar-refractivity contribution in [2.75, 3.05) is 29.4 Å². The summed E-state index contributed by atoms with van der Waals surface area (Å²) in [5.41, 5.74) is 15.1. The van der Waals surface area contributed by atoms with Gasteiger partial charge in [0.25, 0.3) is 5.91 Å². The van der Waals surface area contributed by atoms with E-state index in [0.29, 0.717) is 29.9 Å². The molecule has 3 aromatic rings. The fourth-order valence-corrected chi connectivity index (χ4v) is 4.86. The van der Waals surface area contributed by atoms with E-state index < -0.39 is 42.7 Å². The third-order valence-corrected chi connectivity index (χ3v) is 7.39. The first kappa shape index (κ1) is 44.1. The minimum Gasteiger partial charge on any atom is -0.480 e. The molecule has 0 saturated carbocycles. The Balaban J connectivity index is 0.000000279. The van der Waals surface area contributed by atoms with Crippen LogP contribution in [0.5, 0.6) is 0 Å². The first-order chi connectivity index (χ1) is 25.2. The second-order valence-electron chi connectivity index (χ2n) is 11.2. The van der Waals surface area contributed by atoms with E-state index in [1.165, 1.54) is 4.90 Å². The maximum Gasteiger partial charge on any atom is 0.490 e. The Labute approximate surface area is 302 Å². The number of primary amides is 1. The van der Waals surface area contributed by atoms with Gasteiger partial charge in [0.2, 0.25) is 11.8 Å². The van der Waals surface area contributed by atoms with Crippen molar-refractivity contribution in [2.24, 2.45) is 11.5 Å². The molecule has 1 saturated heterocycles. The number of halogens is 6. The molecule has 0 aromatic heterocycles. The number of aliphatic carboxylic acids is 3. The standard InChI is InChI=1S/C16H16N2O3.C14H17N3O2.2C2HF3O2/c17-10-12-5-4-6-13(9-12)16(21)18(11-15(19)20)14-7-2-1-3-8-14;15-13(18)10-4-3-9-5-7-17(12(9)8-10)14(19)11-2-1-6-16-11;2*3-2(4,5)1(6)7/h1-9H,10-11,17H2,(H,19,20);3-4,8,11,16H,1-2,5-7H2,(H2,15,18);2*(H,6,7)/t;11-;;/m.1../s1. The molecule has 0 radical (unpaired) electrons. The van der Waals surface area contributed by atoms with Gasteiger partial charge in [0.1, 0.15) is 6.54 Å². The molecule has 2 aliphatic rings. The summed E-state index contributed by atoms with van der Waals surface area (Å²) in [6, 6.07) is 20.9. The van der Waals surface area contributed by atoms with E-state index in [4.69, 9.17) is 36.4 Å². The summed E-state index contributed by atoms with van der Waals surface area (Å²) in [6.45, 7) is 1.52. The van der Waals surface area contributed by atoms with E-state index in [9.17, 15) is 45.5 Å². The zero-order valence-electron chi connectivity index (χ0n) is 28.1. The van der Waals surface area contributed by atoms with Gasteiger partial charge in [-0.1, -0.05) is 36.4 Å². The first-order valence-corrected chi connectivity index (χ1v) is 15.6. The van der Waals surface area contributed by atoms with Crippen molar-refractivity contribution in [1.29, 1.82) is 0 Å². The van der Waals surface area contributed by atoms with Gasteiger partial charge in [-0.25, -0.2) is 9.59 Å². The number of nitrogens with zero attached hydrogens (tertiary/aromatic N) is 2. The second kappa shape index (κ2) is 19.7. The normalized spacial score (nSPS) is 14.4. The Bertz CT molecular complexity index is 1780. The lowest BCUT2D eigenvalue weighted by molar-refractivity contribution is -0.193. The van der Waals surface area contributed by atoms with Crippen LogP contribution in [0.2, 0.25) is 0 Å². The number of hydrogen-bond donors (Lipinski definition) is 6. The fraction of sp³-hybridized carbons (Fsp3) is 0.294. The number of carboxylic acid groups (broad SMARTS) is 3. The number of anilines is 2. The van der Waals surface area contributed by atoms with Crippen LogP contribution in [0.3, 0.4) is 0 Å². The van der Waals surface area contributed by atoms with Gasteiger partial charge in [-0.15, -0.1) is 0 Å². The van der Waals surface area contributed by atoms with E-state index in [0.717, 1.165) is 42.6 Å². The van der Waals surface area contributed by atoms with Gasteiger partial charge in [-0.2, -0.15) is 26.3 Å². The Morgan fingerprint density at radius 2 is 1.41 bits per heavy atom.